The second kappa shape index (κ2) is 8.54. The molecule has 0 aliphatic carbocycles. The summed E-state index contributed by atoms with van der Waals surface area (Å²) in [6.45, 7) is 2.55. The molecule has 1 aliphatic rings. The Bertz CT molecular complexity index is 1420. The van der Waals surface area contributed by atoms with E-state index in [-0.39, 0.29) is 12.8 Å². The Morgan fingerprint density at radius 1 is 1.17 bits per heavy atom. The second-order valence-electron chi connectivity index (χ2n) is 8.75. The highest BCUT2D eigenvalue weighted by Gasteiger charge is 2.41. The highest BCUT2D eigenvalue weighted by atomic mass is 19.1. The first-order chi connectivity index (χ1) is 16.8. The Balaban J connectivity index is 1.60. The molecule has 0 atom stereocenters. The lowest BCUT2D eigenvalue weighted by Gasteiger charge is -2.38. The molecule has 0 radical (unpaired) electrons. The monoisotopic (exact) mass is 475 g/mol. The zero-order chi connectivity index (χ0) is 24.7. The van der Waals surface area contributed by atoms with Crippen LogP contribution in [-0.4, -0.2) is 47.6 Å². The highest BCUT2D eigenvalue weighted by Crippen LogP contribution is 2.41. The van der Waals surface area contributed by atoms with E-state index in [9.17, 15) is 9.65 Å². The van der Waals surface area contributed by atoms with Gasteiger partial charge in [0.25, 0.3) is 0 Å². The Hall–Kier alpha value is -4.20. The topological polar surface area (TPSA) is 101 Å². The molecule has 9 nitrogen and oxygen atoms in total. The first-order valence-corrected chi connectivity index (χ1v) is 11.1. The first kappa shape index (κ1) is 22.6. The van der Waals surface area contributed by atoms with Gasteiger partial charge in [0, 0.05) is 63.5 Å². The SMILES string of the molecule is Cc1nn(C)cc1-c1cc(C#N)c(N2CCC(F)(c3nncn3C)CC2)c(-c2ccc(F)nc2)n1. The molecule has 35 heavy (non-hydrogen) atoms. The Labute approximate surface area is 200 Å². The number of aryl methyl sites for hydroxylation is 3. The number of alkyl halides is 1. The molecule has 5 heterocycles. The number of anilines is 1. The number of hydrogen-bond acceptors (Lipinski definition) is 7. The quantitative estimate of drug-likeness (QED) is 0.417. The van der Waals surface area contributed by atoms with Crippen LogP contribution in [0.5, 0.6) is 0 Å². The third-order valence-corrected chi connectivity index (χ3v) is 6.39. The fraction of sp³-hybridized carbons (Fsp3) is 0.333. The first-order valence-electron chi connectivity index (χ1n) is 11.1. The van der Waals surface area contributed by atoms with Gasteiger partial charge in [0.15, 0.2) is 11.5 Å². The van der Waals surface area contributed by atoms with Crippen molar-refractivity contribution in [2.24, 2.45) is 14.1 Å². The average molecular weight is 476 g/mol. The summed E-state index contributed by atoms with van der Waals surface area (Å²) in [7, 11) is 3.54. The Morgan fingerprint density at radius 3 is 2.51 bits per heavy atom. The number of nitriles is 1. The molecule has 1 fully saturated rings. The van der Waals surface area contributed by atoms with Crippen LogP contribution in [0.3, 0.4) is 0 Å². The van der Waals surface area contributed by atoms with Gasteiger partial charge >= 0.3 is 0 Å². The zero-order valence-corrected chi connectivity index (χ0v) is 19.6. The summed E-state index contributed by atoms with van der Waals surface area (Å²) in [5.74, 6) is -0.319. The maximum absolute atomic E-state index is 15.8. The van der Waals surface area contributed by atoms with Gasteiger partial charge in [-0.1, -0.05) is 0 Å². The minimum atomic E-state index is -1.62. The molecule has 178 valence electrons. The van der Waals surface area contributed by atoms with Gasteiger partial charge in [-0.15, -0.1) is 10.2 Å². The molecule has 1 aliphatic heterocycles. The lowest BCUT2D eigenvalue weighted by Crippen LogP contribution is -2.42. The minimum Gasteiger partial charge on any atom is -0.368 e. The number of piperidine rings is 1. The van der Waals surface area contributed by atoms with Crippen LogP contribution in [0, 0.1) is 24.2 Å². The average Bonchev–Trinajstić information content (AvgIpc) is 3.44. The van der Waals surface area contributed by atoms with Gasteiger partial charge in [-0.2, -0.15) is 14.8 Å². The molecule has 0 amide bonds. The second-order valence-corrected chi connectivity index (χ2v) is 8.75. The molecule has 5 rings (SSSR count). The summed E-state index contributed by atoms with van der Waals surface area (Å²) in [5, 5.41) is 22.3. The maximum Gasteiger partial charge on any atom is 0.212 e. The predicted molar refractivity (Wildman–Crippen MR) is 124 cm³/mol. The number of aromatic nitrogens is 7. The van der Waals surface area contributed by atoms with E-state index in [1.165, 1.54) is 18.6 Å². The lowest BCUT2D eigenvalue weighted by atomic mass is 9.91. The molecule has 0 N–H and O–H groups in total. The summed E-state index contributed by atoms with van der Waals surface area (Å²) in [5.41, 5.74) is 2.53. The Kier molecular flexibility index (Phi) is 5.51. The zero-order valence-electron chi connectivity index (χ0n) is 19.6. The van der Waals surface area contributed by atoms with E-state index < -0.39 is 11.6 Å². The van der Waals surface area contributed by atoms with Crippen LogP contribution < -0.4 is 4.90 Å². The van der Waals surface area contributed by atoms with E-state index in [2.05, 4.69) is 26.3 Å². The summed E-state index contributed by atoms with van der Waals surface area (Å²) < 4.78 is 32.7. The van der Waals surface area contributed by atoms with E-state index >= 15 is 4.39 Å². The molecule has 0 unspecified atom stereocenters. The van der Waals surface area contributed by atoms with Gasteiger partial charge in [-0.3, -0.25) is 4.68 Å². The molecule has 0 aromatic carbocycles. The lowest BCUT2D eigenvalue weighted by molar-refractivity contribution is 0.109. The molecule has 4 aromatic rings. The van der Waals surface area contributed by atoms with Gasteiger partial charge in [0.1, 0.15) is 12.4 Å². The number of rotatable bonds is 4. The molecular formula is C24H23F2N9. The van der Waals surface area contributed by atoms with E-state index in [0.29, 0.717) is 47.1 Å². The number of pyridine rings is 2. The smallest absolute Gasteiger partial charge is 0.212 e. The molecule has 11 heteroatoms. The van der Waals surface area contributed by atoms with Crippen molar-refractivity contribution >= 4 is 5.69 Å². The molecule has 0 bridgehead atoms. The van der Waals surface area contributed by atoms with Crippen molar-refractivity contribution < 1.29 is 8.78 Å². The highest BCUT2D eigenvalue weighted by molar-refractivity contribution is 5.83. The van der Waals surface area contributed by atoms with Gasteiger partial charge in [-0.05, 0) is 25.1 Å². The summed E-state index contributed by atoms with van der Waals surface area (Å²) >= 11 is 0. The molecule has 0 spiro atoms. The van der Waals surface area contributed by atoms with E-state index in [4.69, 9.17) is 4.98 Å². The van der Waals surface area contributed by atoms with Crippen LogP contribution in [0.2, 0.25) is 0 Å². The molecule has 1 saturated heterocycles. The largest absolute Gasteiger partial charge is 0.368 e. The van der Waals surface area contributed by atoms with E-state index in [1.807, 2.05) is 25.1 Å². The third kappa shape index (κ3) is 4.01. The van der Waals surface area contributed by atoms with Crippen LogP contribution in [0.4, 0.5) is 14.5 Å². The van der Waals surface area contributed by atoms with Crippen molar-refractivity contribution in [2.75, 3.05) is 18.0 Å². The van der Waals surface area contributed by atoms with Crippen LogP contribution in [0.15, 0.2) is 36.9 Å². The van der Waals surface area contributed by atoms with Crippen LogP contribution in [-0.2, 0) is 19.8 Å². The van der Waals surface area contributed by atoms with Crippen LogP contribution >= 0.6 is 0 Å². The normalized spacial score (nSPS) is 15.3. The van der Waals surface area contributed by atoms with E-state index in [1.54, 1.807) is 28.4 Å². The fourth-order valence-electron chi connectivity index (χ4n) is 4.65. The van der Waals surface area contributed by atoms with Crippen molar-refractivity contribution in [2.45, 2.75) is 25.4 Å². The maximum atomic E-state index is 15.8. The van der Waals surface area contributed by atoms with Crippen molar-refractivity contribution in [1.29, 1.82) is 5.26 Å². The molecule has 4 aromatic heterocycles. The van der Waals surface area contributed by atoms with Gasteiger partial charge in [0.05, 0.1) is 28.3 Å². The summed E-state index contributed by atoms with van der Waals surface area (Å²) in [4.78, 5) is 10.6. The predicted octanol–water partition coefficient (Wildman–Crippen LogP) is 3.46. The van der Waals surface area contributed by atoms with E-state index in [0.717, 1.165) is 11.3 Å². The standard InChI is InChI=1S/C24H23F2N9/c1-15-18(13-34(3)32-15)19-10-17(11-27)22(21(30-19)16-4-5-20(25)28-12-16)35-8-6-24(26,7-9-35)23-31-29-14-33(23)2/h4-5,10,12-14H,6-9H2,1-3H3. The van der Waals surface area contributed by atoms with Crippen molar-refractivity contribution in [3.63, 3.8) is 0 Å². The number of hydrogen-bond donors (Lipinski definition) is 0. The van der Waals surface area contributed by atoms with Gasteiger partial charge in [-0.25, -0.2) is 14.4 Å². The summed E-state index contributed by atoms with van der Waals surface area (Å²) in [6, 6.07) is 6.84. The molecular weight excluding hydrogens is 452 g/mol. The van der Waals surface area contributed by atoms with Gasteiger partial charge < -0.3 is 9.47 Å². The number of nitrogens with zero attached hydrogens (tertiary/aromatic N) is 9. The summed E-state index contributed by atoms with van der Waals surface area (Å²) in [6.07, 6.45) is 5.07. The van der Waals surface area contributed by atoms with Crippen molar-refractivity contribution in [3.8, 4) is 28.6 Å². The number of halogens is 2. The van der Waals surface area contributed by atoms with Crippen molar-refractivity contribution in [3.05, 3.63) is 59.9 Å². The van der Waals surface area contributed by atoms with Crippen molar-refractivity contribution in [1.82, 2.24) is 34.5 Å². The fourth-order valence-corrected chi connectivity index (χ4v) is 4.65. The van der Waals surface area contributed by atoms with Crippen LogP contribution in [0.1, 0.15) is 29.9 Å². The molecule has 0 saturated carbocycles. The van der Waals surface area contributed by atoms with Crippen LogP contribution in [0.25, 0.3) is 22.5 Å². The third-order valence-electron chi connectivity index (χ3n) is 6.39. The van der Waals surface area contributed by atoms with Gasteiger partial charge in [0.2, 0.25) is 5.95 Å². The Morgan fingerprint density at radius 2 is 1.94 bits per heavy atom. The minimum absolute atomic E-state index is 0.176.